The molecule has 0 spiro atoms. The van der Waals surface area contributed by atoms with Gasteiger partial charge in [0.2, 0.25) is 0 Å². The summed E-state index contributed by atoms with van der Waals surface area (Å²) in [6.45, 7) is 6.46. The zero-order chi connectivity index (χ0) is 11.8. The first kappa shape index (κ1) is 11.1. The summed E-state index contributed by atoms with van der Waals surface area (Å²) in [5.41, 5.74) is 2.20. The maximum absolute atomic E-state index is 6.04. The van der Waals surface area contributed by atoms with E-state index in [2.05, 4.69) is 31.1 Å². The molecule has 0 amide bonds. The van der Waals surface area contributed by atoms with Crippen molar-refractivity contribution in [2.24, 2.45) is 0 Å². The maximum atomic E-state index is 6.04. The number of rotatable bonds is 1. The molecule has 0 bridgehead atoms. The lowest BCUT2D eigenvalue weighted by Crippen LogP contribution is -2.15. The molecule has 0 atom stereocenters. The number of nitrogens with zero attached hydrogens (tertiary/aromatic N) is 3. The summed E-state index contributed by atoms with van der Waals surface area (Å²) >= 11 is 6.04. The van der Waals surface area contributed by atoms with E-state index in [1.807, 2.05) is 24.4 Å². The molecule has 0 radical (unpaired) electrons. The fourth-order valence-electron chi connectivity index (χ4n) is 1.65. The fraction of sp³-hybridized carbons (Fsp3) is 0.333. The average Bonchev–Trinajstić information content (AvgIpc) is 2.69. The van der Waals surface area contributed by atoms with E-state index in [1.54, 1.807) is 10.9 Å². The molecule has 1 heterocycles. The first-order valence-corrected chi connectivity index (χ1v) is 5.53. The molecule has 2 rings (SSSR count). The van der Waals surface area contributed by atoms with Gasteiger partial charge >= 0.3 is 0 Å². The van der Waals surface area contributed by atoms with Crippen molar-refractivity contribution in [3.63, 3.8) is 0 Å². The van der Waals surface area contributed by atoms with Crippen LogP contribution in [0.3, 0.4) is 0 Å². The van der Waals surface area contributed by atoms with Crippen molar-refractivity contribution in [3.8, 4) is 5.69 Å². The van der Waals surface area contributed by atoms with Crippen LogP contribution in [-0.4, -0.2) is 15.0 Å². The van der Waals surface area contributed by atoms with E-state index in [4.69, 9.17) is 11.6 Å². The van der Waals surface area contributed by atoms with Crippen LogP contribution >= 0.6 is 11.6 Å². The highest BCUT2D eigenvalue weighted by atomic mass is 35.5. The first-order valence-electron chi connectivity index (χ1n) is 5.15. The highest BCUT2D eigenvalue weighted by molar-refractivity contribution is 6.30. The minimum Gasteiger partial charge on any atom is -0.220 e. The summed E-state index contributed by atoms with van der Waals surface area (Å²) < 4.78 is 1.76. The zero-order valence-corrected chi connectivity index (χ0v) is 10.4. The summed E-state index contributed by atoms with van der Waals surface area (Å²) in [5.74, 6) is 0. The van der Waals surface area contributed by atoms with E-state index in [0.29, 0.717) is 0 Å². The minimum absolute atomic E-state index is 0.0200. The molecule has 0 unspecified atom stereocenters. The lowest BCUT2D eigenvalue weighted by Gasteiger charge is -2.22. The van der Waals surface area contributed by atoms with Crippen LogP contribution in [0, 0.1) is 0 Å². The fourth-order valence-corrected chi connectivity index (χ4v) is 1.82. The van der Waals surface area contributed by atoms with Crippen molar-refractivity contribution in [2.75, 3.05) is 0 Å². The van der Waals surface area contributed by atoms with Crippen molar-refractivity contribution < 1.29 is 0 Å². The summed E-state index contributed by atoms with van der Waals surface area (Å²) in [5, 5.41) is 8.58. The predicted octanol–water partition coefficient (Wildman–Crippen LogP) is 3.22. The largest absolute Gasteiger partial charge is 0.220 e. The van der Waals surface area contributed by atoms with Gasteiger partial charge in [0.1, 0.15) is 0 Å². The molecule has 0 aliphatic carbocycles. The lowest BCUT2D eigenvalue weighted by atomic mass is 9.86. The van der Waals surface area contributed by atoms with E-state index >= 15 is 0 Å². The van der Waals surface area contributed by atoms with Gasteiger partial charge in [-0.15, -0.1) is 5.10 Å². The molecule has 0 saturated carbocycles. The monoisotopic (exact) mass is 235 g/mol. The Balaban J connectivity index is 2.62. The summed E-state index contributed by atoms with van der Waals surface area (Å²) in [4.78, 5) is 0. The van der Waals surface area contributed by atoms with Gasteiger partial charge in [-0.25, -0.2) is 4.68 Å². The molecule has 0 fully saturated rings. The Morgan fingerprint density at radius 1 is 1.25 bits per heavy atom. The molecule has 4 heteroatoms. The van der Waals surface area contributed by atoms with Crippen LogP contribution in [0.15, 0.2) is 30.6 Å². The SMILES string of the molecule is CC(C)(C)c1cc(Cl)ccc1-n1ccnn1. The van der Waals surface area contributed by atoms with Crippen LogP contribution in [0.4, 0.5) is 0 Å². The normalized spacial score (nSPS) is 11.8. The summed E-state index contributed by atoms with van der Waals surface area (Å²) in [6, 6.07) is 5.82. The quantitative estimate of drug-likeness (QED) is 0.760. The van der Waals surface area contributed by atoms with Gasteiger partial charge in [0, 0.05) is 5.02 Å². The first-order chi connectivity index (χ1) is 7.48. The number of aromatic nitrogens is 3. The van der Waals surface area contributed by atoms with Crippen LogP contribution < -0.4 is 0 Å². The zero-order valence-electron chi connectivity index (χ0n) is 9.61. The van der Waals surface area contributed by atoms with Crippen molar-refractivity contribution in [1.82, 2.24) is 15.0 Å². The summed E-state index contributed by atoms with van der Waals surface area (Å²) in [7, 11) is 0. The van der Waals surface area contributed by atoms with Crippen LogP contribution in [0.25, 0.3) is 5.69 Å². The topological polar surface area (TPSA) is 30.7 Å². The minimum atomic E-state index is 0.0200. The summed E-state index contributed by atoms with van der Waals surface area (Å²) in [6.07, 6.45) is 3.50. The van der Waals surface area contributed by atoms with E-state index in [1.165, 1.54) is 0 Å². The molecule has 1 aromatic carbocycles. The molecule has 0 aliphatic rings. The molecular formula is C12H14ClN3. The van der Waals surface area contributed by atoms with Gasteiger partial charge in [0.15, 0.2) is 0 Å². The van der Waals surface area contributed by atoms with Crippen molar-refractivity contribution >= 4 is 11.6 Å². The van der Waals surface area contributed by atoms with Crippen molar-refractivity contribution in [2.45, 2.75) is 26.2 Å². The second-order valence-corrected chi connectivity index (χ2v) is 5.20. The molecule has 3 nitrogen and oxygen atoms in total. The number of halogens is 1. The third-order valence-corrected chi connectivity index (χ3v) is 2.67. The highest BCUT2D eigenvalue weighted by Crippen LogP contribution is 2.30. The second-order valence-electron chi connectivity index (χ2n) is 4.76. The molecule has 0 saturated heterocycles. The smallest absolute Gasteiger partial charge is 0.0701 e. The molecular weight excluding hydrogens is 222 g/mol. The Hall–Kier alpha value is -1.35. The van der Waals surface area contributed by atoms with E-state index < -0.39 is 0 Å². The van der Waals surface area contributed by atoms with Gasteiger partial charge in [-0.3, -0.25) is 0 Å². The van der Waals surface area contributed by atoms with Crippen LogP contribution in [0.1, 0.15) is 26.3 Å². The van der Waals surface area contributed by atoms with E-state index in [-0.39, 0.29) is 5.41 Å². The number of hydrogen-bond acceptors (Lipinski definition) is 2. The van der Waals surface area contributed by atoms with Gasteiger partial charge in [-0.05, 0) is 29.2 Å². The third-order valence-electron chi connectivity index (χ3n) is 2.44. The van der Waals surface area contributed by atoms with E-state index in [0.717, 1.165) is 16.3 Å². The van der Waals surface area contributed by atoms with E-state index in [9.17, 15) is 0 Å². The molecule has 0 N–H and O–H groups in total. The van der Waals surface area contributed by atoms with Crippen LogP contribution in [0.5, 0.6) is 0 Å². The van der Waals surface area contributed by atoms with Crippen molar-refractivity contribution in [3.05, 3.63) is 41.2 Å². The van der Waals surface area contributed by atoms with Gasteiger partial charge in [-0.2, -0.15) is 0 Å². The Morgan fingerprint density at radius 2 is 2.00 bits per heavy atom. The van der Waals surface area contributed by atoms with Gasteiger partial charge in [0.25, 0.3) is 0 Å². The van der Waals surface area contributed by atoms with Gasteiger partial charge < -0.3 is 0 Å². The standard InChI is InChI=1S/C12H14ClN3/c1-12(2,3)10-8-9(13)4-5-11(10)16-7-6-14-15-16/h4-8H,1-3H3. The van der Waals surface area contributed by atoms with Crippen LogP contribution in [-0.2, 0) is 5.41 Å². The maximum Gasteiger partial charge on any atom is 0.0701 e. The molecule has 84 valence electrons. The number of hydrogen-bond donors (Lipinski definition) is 0. The van der Waals surface area contributed by atoms with Gasteiger partial charge in [0.05, 0.1) is 18.1 Å². The van der Waals surface area contributed by atoms with Crippen LogP contribution in [0.2, 0.25) is 5.02 Å². The van der Waals surface area contributed by atoms with Crippen molar-refractivity contribution in [1.29, 1.82) is 0 Å². The predicted molar refractivity (Wildman–Crippen MR) is 65.1 cm³/mol. The average molecular weight is 236 g/mol. The third kappa shape index (κ3) is 2.09. The highest BCUT2D eigenvalue weighted by Gasteiger charge is 2.19. The van der Waals surface area contributed by atoms with Gasteiger partial charge in [-0.1, -0.05) is 37.6 Å². The molecule has 2 aromatic rings. The molecule has 1 aromatic heterocycles. The lowest BCUT2D eigenvalue weighted by molar-refractivity contribution is 0.582. The second kappa shape index (κ2) is 3.91. The Morgan fingerprint density at radius 3 is 2.56 bits per heavy atom. The Bertz CT molecular complexity index is 483. The molecule has 0 aliphatic heterocycles. The molecule has 16 heavy (non-hydrogen) atoms. The Kier molecular flexibility index (Phi) is 2.72. The number of benzene rings is 1. The Labute approximate surface area is 100 Å².